The van der Waals surface area contributed by atoms with Crippen LogP contribution in [0.3, 0.4) is 0 Å². The maximum Gasteiger partial charge on any atom is 0.253 e. The fraction of sp³-hybridized carbons (Fsp3) is 0.364. The van der Waals surface area contributed by atoms with Crippen LogP contribution in [0.15, 0.2) is 18.2 Å². The van der Waals surface area contributed by atoms with Crippen molar-refractivity contribution in [2.45, 2.75) is 6.92 Å². The Kier molecular flexibility index (Phi) is 6.07. The van der Waals surface area contributed by atoms with Gasteiger partial charge in [-0.3, -0.25) is 4.79 Å². The Morgan fingerprint density at radius 2 is 2.25 bits per heavy atom. The van der Waals surface area contributed by atoms with Gasteiger partial charge in [0.25, 0.3) is 5.91 Å². The molecule has 88 valence electrons. The average Bonchev–Trinajstić information content (AvgIpc) is 2.28. The lowest BCUT2D eigenvalue weighted by Gasteiger charge is -2.19. The van der Waals surface area contributed by atoms with Gasteiger partial charge in [0.05, 0.1) is 5.02 Å². The van der Waals surface area contributed by atoms with Crippen molar-refractivity contribution in [1.82, 2.24) is 4.90 Å². The Bertz CT molecular complexity index is 386. The van der Waals surface area contributed by atoms with Gasteiger partial charge in [0, 0.05) is 27.6 Å². The fourth-order valence-electron chi connectivity index (χ4n) is 1.32. The Balaban J connectivity index is 2.90. The SMILES string of the molecule is CCN(CCBr)C(=O)c1ccc(I)c(Cl)c1. The van der Waals surface area contributed by atoms with E-state index in [9.17, 15) is 4.79 Å². The lowest BCUT2D eigenvalue weighted by Crippen LogP contribution is -2.32. The van der Waals surface area contributed by atoms with Gasteiger partial charge < -0.3 is 4.90 Å². The first kappa shape index (κ1) is 14.3. The first-order chi connectivity index (χ1) is 7.60. The minimum Gasteiger partial charge on any atom is -0.338 e. The summed E-state index contributed by atoms with van der Waals surface area (Å²) < 4.78 is 0.958. The summed E-state index contributed by atoms with van der Waals surface area (Å²) in [6, 6.07) is 5.40. The minimum atomic E-state index is 0.0280. The molecule has 1 rings (SSSR count). The second kappa shape index (κ2) is 6.81. The molecule has 1 amide bonds. The maximum absolute atomic E-state index is 12.1. The molecule has 0 spiro atoms. The molecule has 0 aromatic heterocycles. The lowest BCUT2D eigenvalue weighted by atomic mass is 10.2. The van der Waals surface area contributed by atoms with Gasteiger partial charge in [0.2, 0.25) is 0 Å². The van der Waals surface area contributed by atoms with Crippen molar-refractivity contribution in [3.63, 3.8) is 0 Å². The number of hydrogen-bond donors (Lipinski definition) is 0. The number of carbonyl (C=O) groups is 1. The van der Waals surface area contributed by atoms with Crippen molar-refractivity contribution in [1.29, 1.82) is 0 Å². The molecule has 0 aliphatic heterocycles. The van der Waals surface area contributed by atoms with Crippen LogP contribution in [0.5, 0.6) is 0 Å². The van der Waals surface area contributed by atoms with Crippen LogP contribution < -0.4 is 0 Å². The first-order valence-electron chi connectivity index (χ1n) is 4.90. The van der Waals surface area contributed by atoms with E-state index in [1.807, 2.05) is 19.1 Å². The summed E-state index contributed by atoms with van der Waals surface area (Å²) in [5.74, 6) is 0.0280. The van der Waals surface area contributed by atoms with Crippen LogP contribution in [0.1, 0.15) is 17.3 Å². The highest BCUT2D eigenvalue weighted by Gasteiger charge is 2.14. The number of halogens is 3. The minimum absolute atomic E-state index is 0.0280. The molecule has 16 heavy (non-hydrogen) atoms. The van der Waals surface area contributed by atoms with Gasteiger partial charge in [-0.25, -0.2) is 0 Å². The Hall–Kier alpha value is 0.190. The molecular formula is C11H12BrClINO. The highest BCUT2D eigenvalue weighted by Crippen LogP contribution is 2.20. The van der Waals surface area contributed by atoms with E-state index in [1.54, 1.807) is 11.0 Å². The third-order valence-electron chi connectivity index (χ3n) is 2.19. The summed E-state index contributed by atoms with van der Waals surface area (Å²) in [5, 5.41) is 1.41. The number of benzene rings is 1. The molecule has 1 aromatic rings. The highest BCUT2D eigenvalue weighted by atomic mass is 127. The number of rotatable bonds is 4. The van der Waals surface area contributed by atoms with Crippen LogP contribution in [-0.2, 0) is 0 Å². The van der Waals surface area contributed by atoms with Crippen molar-refractivity contribution in [3.05, 3.63) is 32.4 Å². The summed E-state index contributed by atoms with van der Waals surface area (Å²) in [7, 11) is 0. The average molecular weight is 416 g/mol. The van der Waals surface area contributed by atoms with E-state index >= 15 is 0 Å². The molecule has 0 saturated carbocycles. The standard InChI is InChI=1S/C11H12BrClINO/c1-2-15(6-5-12)11(16)8-3-4-10(14)9(13)7-8/h3-4,7H,2,5-6H2,1H3. The third-order valence-corrected chi connectivity index (χ3v) is 4.12. The fourth-order valence-corrected chi connectivity index (χ4v) is 2.26. The van der Waals surface area contributed by atoms with Gasteiger partial charge in [-0.05, 0) is 47.7 Å². The number of hydrogen-bond acceptors (Lipinski definition) is 1. The number of carbonyl (C=O) groups excluding carboxylic acids is 1. The van der Waals surface area contributed by atoms with Crippen molar-refractivity contribution in [3.8, 4) is 0 Å². The zero-order valence-electron chi connectivity index (χ0n) is 8.84. The van der Waals surface area contributed by atoms with Crippen LogP contribution in [-0.4, -0.2) is 29.2 Å². The van der Waals surface area contributed by atoms with Gasteiger partial charge >= 0.3 is 0 Å². The number of amides is 1. The zero-order chi connectivity index (χ0) is 12.1. The summed E-state index contributed by atoms with van der Waals surface area (Å²) in [5.41, 5.74) is 0.646. The van der Waals surface area contributed by atoms with Crippen molar-refractivity contribution >= 4 is 56.0 Å². The molecule has 0 N–H and O–H groups in total. The second-order valence-electron chi connectivity index (χ2n) is 3.20. The highest BCUT2D eigenvalue weighted by molar-refractivity contribution is 14.1. The summed E-state index contributed by atoms with van der Waals surface area (Å²) in [6.07, 6.45) is 0. The van der Waals surface area contributed by atoms with Crippen molar-refractivity contribution in [2.24, 2.45) is 0 Å². The molecule has 2 nitrogen and oxygen atoms in total. The van der Waals surface area contributed by atoms with Gasteiger partial charge in [-0.1, -0.05) is 27.5 Å². The van der Waals surface area contributed by atoms with Gasteiger partial charge in [0.15, 0.2) is 0 Å². The first-order valence-corrected chi connectivity index (χ1v) is 7.48. The third kappa shape index (κ3) is 3.60. The lowest BCUT2D eigenvalue weighted by molar-refractivity contribution is 0.0775. The van der Waals surface area contributed by atoms with Gasteiger partial charge in [0.1, 0.15) is 0 Å². The smallest absolute Gasteiger partial charge is 0.253 e. The van der Waals surface area contributed by atoms with E-state index in [4.69, 9.17) is 11.6 Å². The van der Waals surface area contributed by atoms with Crippen LogP contribution in [0, 0.1) is 3.57 Å². The van der Waals surface area contributed by atoms with Crippen molar-refractivity contribution in [2.75, 3.05) is 18.4 Å². The molecule has 0 radical (unpaired) electrons. The molecule has 5 heteroatoms. The Morgan fingerprint density at radius 1 is 1.56 bits per heavy atom. The summed E-state index contributed by atoms with van der Waals surface area (Å²) >= 11 is 11.5. The van der Waals surface area contributed by atoms with Gasteiger partial charge in [-0.15, -0.1) is 0 Å². The normalized spacial score (nSPS) is 10.2. The molecule has 0 heterocycles. The molecule has 1 aromatic carbocycles. The predicted octanol–water partition coefficient (Wildman–Crippen LogP) is 3.80. The quantitative estimate of drug-likeness (QED) is 0.540. The molecule has 0 saturated heterocycles. The van der Waals surface area contributed by atoms with Crippen LogP contribution in [0.25, 0.3) is 0 Å². The zero-order valence-corrected chi connectivity index (χ0v) is 13.3. The molecular weight excluding hydrogens is 404 g/mol. The molecule has 0 atom stereocenters. The largest absolute Gasteiger partial charge is 0.338 e. The summed E-state index contributed by atoms with van der Waals surface area (Å²) in [6.45, 7) is 3.38. The Labute approximate surface area is 123 Å². The van der Waals surface area contributed by atoms with Crippen molar-refractivity contribution < 1.29 is 4.79 Å². The molecule has 0 aliphatic rings. The van der Waals surface area contributed by atoms with Crippen LogP contribution in [0.2, 0.25) is 5.02 Å². The number of alkyl halides is 1. The topological polar surface area (TPSA) is 20.3 Å². The monoisotopic (exact) mass is 415 g/mol. The second-order valence-corrected chi connectivity index (χ2v) is 5.57. The predicted molar refractivity (Wildman–Crippen MR) is 79.5 cm³/mol. The van der Waals surface area contributed by atoms with E-state index in [0.717, 1.165) is 8.90 Å². The summed E-state index contributed by atoms with van der Waals surface area (Å²) in [4.78, 5) is 13.9. The molecule has 0 fully saturated rings. The van der Waals surface area contributed by atoms with Crippen LogP contribution in [0.4, 0.5) is 0 Å². The van der Waals surface area contributed by atoms with E-state index in [0.29, 0.717) is 23.7 Å². The van der Waals surface area contributed by atoms with E-state index < -0.39 is 0 Å². The van der Waals surface area contributed by atoms with Gasteiger partial charge in [-0.2, -0.15) is 0 Å². The maximum atomic E-state index is 12.1. The Morgan fingerprint density at radius 3 is 2.75 bits per heavy atom. The van der Waals surface area contributed by atoms with Crippen LogP contribution >= 0.6 is 50.1 Å². The number of nitrogens with zero attached hydrogens (tertiary/aromatic N) is 1. The van der Waals surface area contributed by atoms with E-state index in [1.165, 1.54) is 0 Å². The molecule has 0 aliphatic carbocycles. The molecule has 0 bridgehead atoms. The van der Waals surface area contributed by atoms with E-state index in [2.05, 4.69) is 38.5 Å². The van der Waals surface area contributed by atoms with E-state index in [-0.39, 0.29) is 5.91 Å². The molecule has 0 unspecified atom stereocenters.